The van der Waals surface area contributed by atoms with Crippen molar-refractivity contribution < 1.29 is 14.3 Å². The molecule has 4 heteroatoms. The molecule has 0 aliphatic carbocycles. The van der Waals surface area contributed by atoms with Crippen molar-refractivity contribution in [2.24, 2.45) is 0 Å². The average molecular weight is 419 g/mol. The third kappa shape index (κ3) is 9.06. The monoisotopic (exact) mass is 420 g/mol. The zero-order valence-corrected chi connectivity index (χ0v) is 18.2. The molecule has 0 aromatic heterocycles. The molecule has 0 N–H and O–H groups in total. The Morgan fingerprint density at radius 1 is 0.864 bits per heavy atom. The summed E-state index contributed by atoms with van der Waals surface area (Å²) < 4.78 is 15.6. The van der Waals surface area contributed by atoms with E-state index < -0.39 is 18.4 Å². The van der Waals surface area contributed by atoms with Gasteiger partial charge in [-0.05, 0) is 0 Å². The van der Waals surface area contributed by atoms with Crippen molar-refractivity contribution in [1.29, 1.82) is 0 Å². The summed E-state index contributed by atoms with van der Waals surface area (Å²) in [6, 6.07) is 0. The summed E-state index contributed by atoms with van der Waals surface area (Å²) in [7, 11) is 3.11. The summed E-state index contributed by atoms with van der Waals surface area (Å²) in [4.78, 5) is 11.6. The van der Waals surface area contributed by atoms with Gasteiger partial charge in [-0.15, -0.1) is 0 Å². The van der Waals surface area contributed by atoms with Crippen molar-refractivity contribution in [3.63, 3.8) is 0 Å². The maximum absolute atomic E-state index is 11.6. The first-order chi connectivity index (χ1) is 10.6. The van der Waals surface area contributed by atoms with Crippen LogP contribution in [-0.2, 0) is 14.3 Å². The van der Waals surface area contributed by atoms with Gasteiger partial charge in [-0.1, -0.05) is 0 Å². The van der Waals surface area contributed by atoms with E-state index in [1.807, 2.05) is 0 Å². The fourth-order valence-corrected chi connectivity index (χ4v) is 19.0. The van der Waals surface area contributed by atoms with Gasteiger partial charge in [0.05, 0.1) is 0 Å². The number of methoxy groups -OCH3 is 2. The van der Waals surface area contributed by atoms with E-state index in [1.165, 1.54) is 58.9 Å². The van der Waals surface area contributed by atoms with Crippen molar-refractivity contribution in [2.75, 3.05) is 14.2 Å². The molecule has 0 radical (unpaired) electrons. The van der Waals surface area contributed by atoms with E-state index >= 15 is 0 Å². The summed E-state index contributed by atoms with van der Waals surface area (Å²) in [5.41, 5.74) is 0. The molecule has 0 amide bonds. The van der Waals surface area contributed by atoms with Gasteiger partial charge in [0.25, 0.3) is 0 Å². The Bertz CT molecular complexity index is 305. The Morgan fingerprint density at radius 2 is 1.32 bits per heavy atom. The van der Waals surface area contributed by atoms with E-state index in [9.17, 15) is 4.79 Å². The standard InChI is InChI=1S/C6H9O3.3C4H9.Sn/c1-5(8-2)4-6(7)9-3;3*1-3-4-2;/h4H,1H2,2-3H3;3*1,3-4H2,2H3;/b5-4+;;;;. The van der Waals surface area contributed by atoms with E-state index in [-0.39, 0.29) is 5.97 Å². The van der Waals surface area contributed by atoms with Crippen LogP contribution in [0.3, 0.4) is 0 Å². The molecular formula is C18H36O3Sn. The molecule has 3 nitrogen and oxygen atoms in total. The molecule has 0 saturated heterocycles. The summed E-state index contributed by atoms with van der Waals surface area (Å²) in [5.74, 6) is 0.560. The van der Waals surface area contributed by atoms with Crippen LogP contribution in [0.15, 0.2) is 11.8 Å². The van der Waals surface area contributed by atoms with Gasteiger partial charge in [-0.3, -0.25) is 0 Å². The van der Waals surface area contributed by atoms with Crippen molar-refractivity contribution in [3.05, 3.63) is 11.8 Å². The quantitative estimate of drug-likeness (QED) is 0.170. The molecule has 22 heavy (non-hydrogen) atoms. The van der Waals surface area contributed by atoms with Gasteiger partial charge >= 0.3 is 142 Å². The number of ether oxygens (including phenoxy) is 2. The Balaban J connectivity index is 5.18. The van der Waals surface area contributed by atoms with E-state index in [1.54, 1.807) is 13.2 Å². The van der Waals surface area contributed by atoms with Crippen molar-refractivity contribution >= 4 is 24.3 Å². The SMILES string of the molecule is CCC[CH2][Sn]([CH2]CCC)([CH2]CCC)[CH2]/C(=C\C(=O)OC)OC. The second-order valence-corrected chi connectivity index (χ2v) is 20.2. The molecule has 0 rings (SSSR count). The molecule has 0 heterocycles. The van der Waals surface area contributed by atoms with Crippen LogP contribution in [0.25, 0.3) is 0 Å². The number of unbranched alkanes of at least 4 members (excludes halogenated alkanes) is 3. The number of hydrogen-bond acceptors (Lipinski definition) is 3. The van der Waals surface area contributed by atoms with Gasteiger partial charge in [0.2, 0.25) is 0 Å². The number of carbonyl (C=O) groups excluding carboxylic acids is 1. The normalized spacial score (nSPS) is 12.3. The molecule has 0 unspecified atom stereocenters. The van der Waals surface area contributed by atoms with Gasteiger partial charge in [0.1, 0.15) is 0 Å². The van der Waals surface area contributed by atoms with Crippen molar-refractivity contribution in [3.8, 4) is 0 Å². The molecule has 130 valence electrons. The van der Waals surface area contributed by atoms with Crippen LogP contribution in [0.4, 0.5) is 0 Å². The molecule has 0 spiro atoms. The summed E-state index contributed by atoms with van der Waals surface area (Å²) in [6.07, 6.45) is 9.35. The zero-order chi connectivity index (χ0) is 16.8. The third-order valence-corrected chi connectivity index (χ3v) is 19.7. The fourth-order valence-electron chi connectivity index (χ4n) is 3.04. The summed E-state index contributed by atoms with van der Waals surface area (Å²) in [6.45, 7) is 6.83. The minimum atomic E-state index is -2.29. The van der Waals surface area contributed by atoms with Crippen LogP contribution in [0.2, 0.25) is 17.7 Å². The third-order valence-electron chi connectivity index (χ3n) is 4.47. The van der Waals surface area contributed by atoms with Gasteiger partial charge in [-0.2, -0.15) is 0 Å². The Hall–Kier alpha value is -0.191. The molecule has 0 saturated carbocycles. The molecule has 0 aliphatic rings. The fraction of sp³-hybridized carbons (Fsp3) is 0.833. The number of carbonyl (C=O) groups is 1. The van der Waals surface area contributed by atoms with E-state index in [2.05, 4.69) is 20.8 Å². The van der Waals surface area contributed by atoms with E-state index in [4.69, 9.17) is 9.47 Å². The first-order valence-electron chi connectivity index (χ1n) is 8.90. The van der Waals surface area contributed by atoms with Gasteiger partial charge < -0.3 is 0 Å². The zero-order valence-electron chi connectivity index (χ0n) is 15.4. The number of allylic oxidation sites excluding steroid dienone is 1. The second kappa shape index (κ2) is 13.3. The predicted molar refractivity (Wildman–Crippen MR) is 96.8 cm³/mol. The van der Waals surface area contributed by atoms with E-state index in [0.717, 1.165) is 10.2 Å². The number of rotatable bonds is 13. The van der Waals surface area contributed by atoms with E-state index in [0.29, 0.717) is 0 Å². The first-order valence-corrected chi connectivity index (χ1v) is 17.0. The Morgan fingerprint density at radius 3 is 1.64 bits per heavy atom. The van der Waals surface area contributed by atoms with Crippen LogP contribution in [0, 0.1) is 0 Å². The molecule has 0 fully saturated rings. The van der Waals surface area contributed by atoms with Crippen LogP contribution >= 0.6 is 0 Å². The summed E-state index contributed by atoms with van der Waals surface area (Å²) >= 11 is -2.29. The number of hydrogen-bond donors (Lipinski definition) is 0. The molecule has 0 aliphatic heterocycles. The van der Waals surface area contributed by atoms with Gasteiger partial charge in [0.15, 0.2) is 0 Å². The molecule has 0 aromatic carbocycles. The Labute approximate surface area is 141 Å². The maximum atomic E-state index is 11.6. The van der Waals surface area contributed by atoms with Crippen molar-refractivity contribution in [2.45, 2.75) is 77.0 Å². The van der Waals surface area contributed by atoms with Crippen molar-refractivity contribution in [1.82, 2.24) is 0 Å². The summed E-state index contributed by atoms with van der Waals surface area (Å²) in [5, 5.41) is 0. The molecule has 0 bridgehead atoms. The van der Waals surface area contributed by atoms with Crippen LogP contribution in [-0.4, -0.2) is 38.6 Å². The minimum absolute atomic E-state index is 0.293. The van der Waals surface area contributed by atoms with Crippen LogP contribution in [0.5, 0.6) is 0 Å². The molecule has 0 aromatic rings. The Kier molecular flexibility index (Phi) is 13.2. The molecule has 0 atom stereocenters. The van der Waals surface area contributed by atoms with Crippen LogP contribution < -0.4 is 0 Å². The van der Waals surface area contributed by atoms with Gasteiger partial charge in [0, 0.05) is 0 Å². The van der Waals surface area contributed by atoms with Crippen LogP contribution in [0.1, 0.15) is 59.3 Å². The second-order valence-electron chi connectivity index (χ2n) is 6.33. The predicted octanol–water partition coefficient (Wildman–Crippen LogP) is 5.54. The topological polar surface area (TPSA) is 35.5 Å². The average Bonchev–Trinajstić information content (AvgIpc) is 2.55. The number of esters is 1. The molecular weight excluding hydrogens is 383 g/mol. The first kappa shape index (κ1) is 21.8. The van der Waals surface area contributed by atoms with Gasteiger partial charge in [-0.25, -0.2) is 0 Å².